The second kappa shape index (κ2) is 7.71. The lowest BCUT2D eigenvalue weighted by Gasteiger charge is -2.13. The standard InChI is InChI=1S/C15H18F2O4/c1-11-5-7-12(8-6-11)13(18)21-10-4-3-9-15(16,17)14(19)20-2/h5-8H,3-4,9-10H2,1-2H3. The number of unbranched alkanes of at least 4 members (excludes halogenated alkanes) is 1. The van der Waals surface area contributed by atoms with E-state index in [0.717, 1.165) is 12.7 Å². The number of hydrogen-bond donors (Lipinski definition) is 0. The van der Waals surface area contributed by atoms with Crippen LogP contribution in [0, 0.1) is 6.92 Å². The topological polar surface area (TPSA) is 52.6 Å². The van der Waals surface area contributed by atoms with Crippen LogP contribution < -0.4 is 0 Å². The zero-order valence-corrected chi connectivity index (χ0v) is 12.0. The van der Waals surface area contributed by atoms with E-state index in [1.807, 2.05) is 6.92 Å². The summed E-state index contributed by atoms with van der Waals surface area (Å²) < 4.78 is 35.2. The minimum absolute atomic E-state index is 0.0317. The van der Waals surface area contributed by atoms with E-state index in [-0.39, 0.29) is 19.4 Å². The summed E-state index contributed by atoms with van der Waals surface area (Å²) in [6.07, 6.45) is -0.310. The van der Waals surface area contributed by atoms with Crippen LogP contribution in [0.2, 0.25) is 0 Å². The first-order chi connectivity index (χ1) is 9.86. The molecule has 0 saturated heterocycles. The molecule has 4 nitrogen and oxygen atoms in total. The Labute approximate surface area is 122 Å². The number of rotatable bonds is 7. The summed E-state index contributed by atoms with van der Waals surface area (Å²) in [6, 6.07) is 6.85. The number of carbonyl (C=O) groups is 2. The Morgan fingerprint density at radius 3 is 2.33 bits per heavy atom. The normalized spacial score (nSPS) is 11.0. The van der Waals surface area contributed by atoms with E-state index in [0.29, 0.717) is 5.56 Å². The van der Waals surface area contributed by atoms with Crippen molar-refractivity contribution >= 4 is 11.9 Å². The maximum Gasteiger partial charge on any atom is 0.376 e. The number of halogens is 2. The van der Waals surface area contributed by atoms with Crippen molar-refractivity contribution in [3.63, 3.8) is 0 Å². The van der Waals surface area contributed by atoms with Crippen LogP contribution in [-0.2, 0) is 14.3 Å². The first kappa shape index (κ1) is 17.1. The fourth-order valence-electron chi connectivity index (χ4n) is 1.64. The lowest BCUT2D eigenvalue weighted by Crippen LogP contribution is -2.29. The Morgan fingerprint density at radius 2 is 1.76 bits per heavy atom. The molecule has 0 fully saturated rings. The van der Waals surface area contributed by atoms with Crippen LogP contribution in [0.1, 0.15) is 35.2 Å². The summed E-state index contributed by atoms with van der Waals surface area (Å²) in [7, 11) is 0.916. The van der Waals surface area contributed by atoms with Crippen molar-refractivity contribution in [2.24, 2.45) is 0 Å². The van der Waals surface area contributed by atoms with E-state index in [1.54, 1.807) is 24.3 Å². The highest BCUT2D eigenvalue weighted by Crippen LogP contribution is 2.22. The van der Waals surface area contributed by atoms with Crippen molar-refractivity contribution in [2.75, 3.05) is 13.7 Å². The number of ether oxygens (including phenoxy) is 2. The molecule has 0 bridgehead atoms. The van der Waals surface area contributed by atoms with Gasteiger partial charge in [0.2, 0.25) is 0 Å². The largest absolute Gasteiger partial charge is 0.465 e. The van der Waals surface area contributed by atoms with Crippen LogP contribution in [-0.4, -0.2) is 31.6 Å². The van der Waals surface area contributed by atoms with Gasteiger partial charge >= 0.3 is 17.9 Å². The maximum atomic E-state index is 13.1. The Bertz CT molecular complexity index is 483. The first-order valence-corrected chi connectivity index (χ1v) is 6.57. The molecule has 0 spiro atoms. The summed E-state index contributed by atoms with van der Waals surface area (Å²) in [5.74, 6) is -5.52. The van der Waals surface area contributed by atoms with E-state index in [9.17, 15) is 18.4 Å². The van der Waals surface area contributed by atoms with Crippen LogP contribution in [0.4, 0.5) is 8.78 Å². The van der Waals surface area contributed by atoms with Crippen LogP contribution in [0.15, 0.2) is 24.3 Å². The van der Waals surface area contributed by atoms with Crippen molar-refractivity contribution in [1.82, 2.24) is 0 Å². The molecule has 0 unspecified atom stereocenters. The molecular weight excluding hydrogens is 282 g/mol. The minimum atomic E-state index is -3.49. The minimum Gasteiger partial charge on any atom is -0.465 e. The predicted molar refractivity (Wildman–Crippen MR) is 72.3 cm³/mol. The summed E-state index contributed by atoms with van der Waals surface area (Å²) in [4.78, 5) is 22.4. The van der Waals surface area contributed by atoms with Crippen LogP contribution >= 0.6 is 0 Å². The molecule has 0 heterocycles. The molecule has 0 aliphatic rings. The van der Waals surface area contributed by atoms with Gasteiger partial charge in [-0.05, 0) is 31.9 Å². The highest BCUT2D eigenvalue weighted by Gasteiger charge is 2.39. The third-order valence-corrected chi connectivity index (χ3v) is 2.89. The highest BCUT2D eigenvalue weighted by molar-refractivity contribution is 5.89. The fraction of sp³-hybridized carbons (Fsp3) is 0.467. The van der Waals surface area contributed by atoms with Crippen LogP contribution in [0.25, 0.3) is 0 Å². The number of alkyl halides is 2. The number of esters is 2. The Kier molecular flexibility index (Phi) is 6.27. The third-order valence-electron chi connectivity index (χ3n) is 2.89. The Balaban J connectivity index is 2.27. The average molecular weight is 300 g/mol. The summed E-state index contributed by atoms with van der Waals surface area (Å²) in [5.41, 5.74) is 1.44. The Hall–Kier alpha value is -1.98. The monoisotopic (exact) mass is 300 g/mol. The molecule has 0 aliphatic carbocycles. The lowest BCUT2D eigenvalue weighted by atomic mass is 10.1. The molecule has 1 rings (SSSR count). The second-order valence-corrected chi connectivity index (χ2v) is 4.66. The molecule has 0 N–H and O–H groups in total. The van der Waals surface area contributed by atoms with Gasteiger partial charge in [-0.25, -0.2) is 9.59 Å². The summed E-state index contributed by atoms with van der Waals surface area (Å²) in [5, 5.41) is 0. The fourth-order valence-corrected chi connectivity index (χ4v) is 1.64. The molecule has 0 radical (unpaired) electrons. The van der Waals surface area contributed by atoms with Gasteiger partial charge in [0.15, 0.2) is 0 Å². The van der Waals surface area contributed by atoms with E-state index < -0.39 is 24.3 Å². The SMILES string of the molecule is COC(=O)C(F)(F)CCCCOC(=O)c1ccc(C)cc1. The molecule has 0 atom stereocenters. The summed E-state index contributed by atoms with van der Waals surface area (Å²) in [6.45, 7) is 1.93. The van der Waals surface area contributed by atoms with Gasteiger partial charge in [0.1, 0.15) is 0 Å². The van der Waals surface area contributed by atoms with Gasteiger partial charge in [0.25, 0.3) is 0 Å². The van der Waals surface area contributed by atoms with Crippen molar-refractivity contribution in [3.05, 3.63) is 35.4 Å². The molecule has 6 heteroatoms. The zero-order valence-electron chi connectivity index (χ0n) is 12.0. The van der Waals surface area contributed by atoms with Crippen molar-refractivity contribution in [3.8, 4) is 0 Å². The van der Waals surface area contributed by atoms with E-state index in [4.69, 9.17) is 4.74 Å². The second-order valence-electron chi connectivity index (χ2n) is 4.66. The molecule has 21 heavy (non-hydrogen) atoms. The van der Waals surface area contributed by atoms with Crippen molar-refractivity contribution < 1.29 is 27.8 Å². The van der Waals surface area contributed by atoms with Gasteiger partial charge in [-0.15, -0.1) is 0 Å². The number of aryl methyl sites for hydroxylation is 1. The van der Waals surface area contributed by atoms with E-state index in [1.165, 1.54) is 0 Å². The van der Waals surface area contributed by atoms with Gasteiger partial charge in [0, 0.05) is 6.42 Å². The molecule has 1 aromatic carbocycles. The van der Waals surface area contributed by atoms with Gasteiger partial charge in [-0.1, -0.05) is 17.7 Å². The van der Waals surface area contributed by atoms with Gasteiger partial charge in [-0.2, -0.15) is 8.78 Å². The lowest BCUT2D eigenvalue weighted by molar-refractivity contribution is -0.169. The van der Waals surface area contributed by atoms with Gasteiger partial charge in [0.05, 0.1) is 19.3 Å². The average Bonchev–Trinajstić information content (AvgIpc) is 2.46. The quantitative estimate of drug-likeness (QED) is 0.573. The van der Waals surface area contributed by atoms with Gasteiger partial charge < -0.3 is 9.47 Å². The van der Waals surface area contributed by atoms with Crippen molar-refractivity contribution in [2.45, 2.75) is 32.1 Å². The van der Waals surface area contributed by atoms with Crippen LogP contribution in [0.3, 0.4) is 0 Å². The number of hydrogen-bond acceptors (Lipinski definition) is 4. The molecule has 0 aromatic heterocycles. The van der Waals surface area contributed by atoms with Gasteiger partial charge in [-0.3, -0.25) is 0 Å². The van der Waals surface area contributed by atoms with E-state index >= 15 is 0 Å². The maximum absolute atomic E-state index is 13.1. The number of methoxy groups -OCH3 is 1. The number of carbonyl (C=O) groups excluding carboxylic acids is 2. The van der Waals surface area contributed by atoms with Crippen LogP contribution in [0.5, 0.6) is 0 Å². The molecule has 0 amide bonds. The molecular formula is C15H18F2O4. The molecule has 0 aliphatic heterocycles. The predicted octanol–water partition coefficient (Wildman–Crippen LogP) is 3.13. The zero-order chi connectivity index (χ0) is 15.9. The molecule has 1 aromatic rings. The smallest absolute Gasteiger partial charge is 0.376 e. The Morgan fingerprint density at radius 1 is 1.14 bits per heavy atom. The summed E-state index contributed by atoms with van der Waals surface area (Å²) >= 11 is 0. The third kappa shape index (κ3) is 5.49. The number of benzene rings is 1. The van der Waals surface area contributed by atoms with E-state index in [2.05, 4.69) is 4.74 Å². The highest BCUT2D eigenvalue weighted by atomic mass is 19.3. The first-order valence-electron chi connectivity index (χ1n) is 6.57. The van der Waals surface area contributed by atoms with Crippen molar-refractivity contribution in [1.29, 1.82) is 0 Å². The molecule has 116 valence electrons. The molecule has 0 saturated carbocycles.